The van der Waals surface area contributed by atoms with Crippen molar-refractivity contribution in [2.24, 2.45) is 5.73 Å². The van der Waals surface area contributed by atoms with Crippen LogP contribution in [0, 0.1) is 5.41 Å². The fourth-order valence-corrected chi connectivity index (χ4v) is 4.22. The summed E-state index contributed by atoms with van der Waals surface area (Å²) in [5, 5.41) is 7.45. The third-order valence-corrected chi connectivity index (χ3v) is 6.72. The predicted molar refractivity (Wildman–Crippen MR) is 81.2 cm³/mol. The number of hydrogen-bond acceptors (Lipinski definition) is 6. The Kier molecular flexibility index (Phi) is 6.79. The average Bonchev–Trinajstić information content (AvgIpc) is 2.48. The van der Waals surface area contributed by atoms with E-state index in [1.54, 1.807) is 25.1 Å². The van der Waals surface area contributed by atoms with Crippen LogP contribution in [-0.4, -0.2) is 43.8 Å². The van der Waals surface area contributed by atoms with Crippen molar-refractivity contribution in [1.82, 2.24) is 0 Å². The molecule has 0 bridgehead atoms. The molecule has 0 aliphatic heterocycles. The van der Waals surface area contributed by atoms with Gasteiger partial charge >= 0.3 is 132 Å². The van der Waals surface area contributed by atoms with E-state index in [2.05, 4.69) is 0 Å². The summed E-state index contributed by atoms with van der Waals surface area (Å²) < 4.78 is 7.66. The second-order valence-corrected chi connectivity index (χ2v) is 8.66. The Labute approximate surface area is 132 Å². The Morgan fingerprint density at radius 1 is 1.27 bits per heavy atom. The van der Waals surface area contributed by atoms with Gasteiger partial charge in [0.15, 0.2) is 0 Å². The van der Waals surface area contributed by atoms with Crippen LogP contribution >= 0.6 is 0 Å². The molecular weight excluding hydrogens is 351 g/mol. The number of benzene rings is 1. The van der Waals surface area contributed by atoms with E-state index in [4.69, 9.17) is 20.6 Å². The van der Waals surface area contributed by atoms with Crippen molar-refractivity contribution >= 4 is 37.2 Å². The van der Waals surface area contributed by atoms with Crippen LogP contribution in [-0.2, 0) is 14.3 Å². The monoisotopic (exact) mass is 368 g/mol. The number of hydrogen-bond donors (Lipinski definition) is 2. The molecule has 0 saturated carbocycles. The fraction of sp³-hybridized carbons (Fsp3) is 0.286. The van der Waals surface area contributed by atoms with Crippen LogP contribution in [0.1, 0.15) is 17.3 Å². The van der Waals surface area contributed by atoms with Gasteiger partial charge in [0.1, 0.15) is 0 Å². The summed E-state index contributed by atoms with van der Waals surface area (Å²) >= 11 is -2.72. The molecule has 0 amide bonds. The Morgan fingerprint density at radius 2 is 1.86 bits per heavy atom. The second-order valence-electron chi connectivity index (χ2n) is 4.24. The summed E-state index contributed by atoms with van der Waals surface area (Å²) in [6.07, 6.45) is 0. The van der Waals surface area contributed by atoms with Crippen molar-refractivity contribution in [2.45, 2.75) is 17.3 Å². The molecule has 8 heteroatoms. The van der Waals surface area contributed by atoms with Crippen LogP contribution in [0.15, 0.2) is 30.3 Å². The molecule has 0 saturated heterocycles. The van der Waals surface area contributed by atoms with Crippen LogP contribution < -0.4 is 5.73 Å². The van der Waals surface area contributed by atoms with Crippen molar-refractivity contribution < 1.29 is 23.9 Å². The number of carbonyl (C=O) groups excluding carboxylic acids is 3. The van der Waals surface area contributed by atoms with Gasteiger partial charge in [-0.2, -0.15) is 0 Å². The number of esters is 2. The standard InChI is InChI=1S/C14H17AsN2O5/c1-3-21-13(19)10(11(16)17)15(2)14(20)22-12(18)9-7-5-4-6-8-9/h4-8,10H,3H2,1-2H3,(H3,16,17). The molecule has 3 N–H and O–H groups in total. The molecule has 0 aromatic heterocycles. The van der Waals surface area contributed by atoms with Gasteiger partial charge in [0.2, 0.25) is 0 Å². The van der Waals surface area contributed by atoms with Crippen LogP contribution in [0.3, 0.4) is 0 Å². The molecule has 2 atom stereocenters. The van der Waals surface area contributed by atoms with E-state index in [1.807, 2.05) is 0 Å². The third kappa shape index (κ3) is 4.70. The minimum atomic E-state index is -2.72. The number of carbonyl (C=O) groups is 3. The molecule has 0 fully saturated rings. The number of rotatable bonds is 6. The van der Waals surface area contributed by atoms with Crippen molar-refractivity contribution in [3.8, 4) is 0 Å². The van der Waals surface area contributed by atoms with E-state index < -0.39 is 41.9 Å². The maximum atomic E-state index is 12.0. The van der Waals surface area contributed by atoms with E-state index in [0.29, 0.717) is 0 Å². The van der Waals surface area contributed by atoms with E-state index in [-0.39, 0.29) is 12.2 Å². The first-order valence-electron chi connectivity index (χ1n) is 6.43. The van der Waals surface area contributed by atoms with Crippen molar-refractivity contribution in [1.29, 1.82) is 5.41 Å². The SMILES string of the molecule is CCOC(=O)C(C(=N)N)[As](C)C(=O)OC(=O)c1ccccc1. The van der Waals surface area contributed by atoms with Crippen LogP contribution in [0.2, 0.25) is 10.4 Å². The van der Waals surface area contributed by atoms with E-state index in [1.165, 1.54) is 17.8 Å². The van der Waals surface area contributed by atoms with Gasteiger partial charge in [0, 0.05) is 0 Å². The molecule has 0 aliphatic carbocycles. The third-order valence-electron chi connectivity index (χ3n) is 2.67. The Bertz CT molecular complexity index is 576. The first kappa shape index (κ1) is 17.9. The number of nitrogens with one attached hydrogen (secondary N) is 1. The second kappa shape index (κ2) is 8.34. The number of amidine groups is 1. The summed E-state index contributed by atoms with van der Waals surface area (Å²) in [4.78, 5) is 35.7. The molecule has 2 unspecified atom stereocenters. The summed E-state index contributed by atoms with van der Waals surface area (Å²) in [6, 6.07) is 8.02. The molecule has 1 aromatic rings. The molecule has 1 aromatic carbocycles. The molecule has 0 radical (unpaired) electrons. The number of nitrogens with two attached hydrogens (primary N) is 1. The topological polar surface area (TPSA) is 120 Å². The molecule has 0 aliphatic rings. The molecule has 7 nitrogen and oxygen atoms in total. The first-order chi connectivity index (χ1) is 10.4. The summed E-state index contributed by atoms with van der Waals surface area (Å²) in [5.74, 6) is -1.98. The van der Waals surface area contributed by atoms with Gasteiger partial charge in [0.05, 0.1) is 0 Å². The van der Waals surface area contributed by atoms with Crippen LogP contribution in [0.4, 0.5) is 4.79 Å². The molecule has 1 rings (SSSR count). The van der Waals surface area contributed by atoms with Crippen LogP contribution in [0.5, 0.6) is 0 Å². The van der Waals surface area contributed by atoms with Crippen molar-refractivity contribution in [3.63, 3.8) is 0 Å². The average molecular weight is 368 g/mol. The van der Waals surface area contributed by atoms with Crippen LogP contribution in [0.25, 0.3) is 0 Å². The predicted octanol–water partition coefficient (Wildman–Crippen LogP) is 1.54. The molecule has 118 valence electrons. The van der Waals surface area contributed by atoms with E-state index in [0.717, 1.165) is 0 Å². The summed E-state index contributed by atoms with van der Waals surface area (Å²) in [7, 11) is 0. The molecule has 0 spiro atoms. The van der Waals surface area contributed by atoms with Gasteiger partial charge < -0.3 is 0 Å². The zero-order valence-corrected chi connectivity index (χ0v) is 14.1. The molecule has 22 heavy (non-hydrogen) atoms. The normalized spacial score (nSPS) is 12.8. The Balaban J connectivity index is 2.80. The quantitative estimate of drug-likeness (QED) is 0.258. The Morgan fingerprint density at radius 3 is 2.36 bits per heavy atom. The van der Waals surface area contributed by atoms with E-state index in [9.17, 15) is 14.4 Å². The summed E-state index contributed by atoms with van der Waals surface area (Å²) in [5.41, 5.74) is 7.10. The summed E-state index contributed by atoms with van der Waals surface area (Å²) in [6.45, 7) is 1.72. The van der Waals surface area contributed by atoms with Gasteiger partial charge in [-0.3, -0.25) is 0 Å². The van der Waals surface area contributed by atoms with E-state index >= 15 is 0 Å². The van der Waals surface area contributed by atoms with Gasteiger partial charge in [-0.05, 0) is 0 Å². The first-order valence-corrected chi connectivity index (χ1v) is 10.3. The zero-order chi connectivity index (χ0) is 16.7. The molecule has 0 heterocycles. The zero-order valence-electron chi connectivity index (χ0n) is 12.2. The Hall–Kier alpha value is -2.14. The van der Waals surface area contributed by atoms with Crippen molar-refractivity contribution in [3.05, 3.63) is 35.9 Å². The van der Waals surface area contributed by atoms with Gasteiger partial charge in [-0.1, -0.05) is 0 Å². The maximum absolute atomic E-state index is 12.0. The molecular formula is C14H17AsN2O5. The minimum absolute atomic E-state index is 0.114. The fourth-order valence-electron chi connectivity index (χ4n) is 1.60. The van der Waals surface area contributed by atoms with Gasteiger partial charge in [-0.15, -0.1) is 0 Å². The van der Waals surface area contributed by atoms with Gasteiger partial charge in [0.25, 0.3) is 0 Å². The van der Waals surface area contributed by atoms with Gasteiger partial charge in [-0.25, -0.2) is 0 Å². The number of ether oxygens (including phenoxy) is 2. The van der Waals surface area contributed by atoms with Crippen molar-refractivity contribution in [2.75, 3.05) is 6.61 Å².